The number of nitrogens with zero attached hydrogens (tertiary/aromatic N) is 3. The highest BCUT2D eigenvalue weighted by Crippen LogP contribution is 2.27. The molecule has 9 heteroatoms. The van der Waals surface area contributed by atoms with Crippen LogP contribution in [0.1, 0.15) is 12.5 Å². The molecule has 1 N–H and O–H groups in total. The van der Waals surface area contributed by atoms with Crippen LogP contribution >= 0.6 is 23.2 Å². The summed E-state index contributed by atoms with van der Waals surface area (Å²) in [6, 6.07) is 11.5. The summed E-state index contributed by atoms with van der Waals surface area (Å²) < 4.78 is 0. The van der Waals surface area contributed by atoms with E-state index in [2.05, 4.69) is 21.2 Å². The van der Waals surface area contributed by atoms with E-state index in [0.717, 1.165) is 37.7 Å². The van der Waals surface area contributed by atoms with Gasteiger partial charge in [-0.1, -0.05) is 35.3 Å². The van der Waals surface area contributed by atoms with Crippen molar-refractivity contribution in [3.8, 4) is 0 Å². The van der Waals surface area contributed by atoms with Crippen molar-refractivity contribution in [1.29, 1.82) is 0 Å². The van der Waals surface area contributed by atoms with Gasteiger partial charge in [-0.25, -0.2) is 0 Å². The number of nitro benzene ring substituents is 1. The van der Waals surface area contributed by atoms with E-state index in [4.69, 9.17) is 23.2 Å². The zero-order chi connectivity index (χ0) is 21.0. The van der Waals surface area contributed by atoms with Gasteiger partial charge < -0.3 is 5.32 Å². The van der Waals surface area contributed by atoms with Gasteiger partial charge in [-0.05, 0) is 30.7 Å². The Balaban J connectivity index is 1.53. The molecule has 154 valence electrons. The molecule has 29 heavy (non-hydrogen) atoms. The molecule has 1 saturated heterocycles. The van der Waals surface area contributed by atoms with Gasteiger partial charge in [0.1, 0.15) is 0 Å². The highest BCUT2D eigenvalue weighted by atomic mass is 35.5. The number of benzene rings is 2. The second-order valence-corrected chi connectivity index (χ2v) is 7.87. The van der Waals surface area contributed by atoms with Gasteiger partial charge >= 0.3 is 0 Å². The van der Waals surface area contributed by atoms with Crippen molar-refractivity contribution in [3.63, 3.8) is 0 Å². The maximum Gasteiger partial charge on any atom is 0.271 e. The van der Waals surface area contributed by atoms with Gasteiger partial charge in [-0.15, -0.1) is 0 Å². The van der Waals surface area contributed by atoms with Gasteiger partial charge in [-0.3, -0.25) is 24.7 Å². The van der Waals surface area contributed by atoms with Crippen LogP contribution in [0.4, 0.5) is 11.4 Å². The van der Waals surface area contributed by atoms with Gasteiger partial charge in [0.2, 0.25) is 5.91 Å². The maximum absolute atomic E-state index is 12.6. The largest absolute Gasteiger partial charge is 0.323 e. The second kappa shape index (κ2) is 9.54. The average molecular weight is 437 g/mol. The predicted octanol–water partition coefficient (Wildman–Crippen LogP) is 4.05. The Morgan fingerprint density at radius 3 is 2.52 bits per heavy atom. The number of hydrogen-bond acceptors (Lipinski definition) is 5. The number of amides is 1. The number of piperazine rings is 1. The summed E-state index contributed by atoms with van der Waals surface area (Å²) in [5, 5.41) is 14.4. The van der Waals surface area contributed by atoms with E-state index >= 15 is 0 Å². The summed E-state index contributed by atoms with van der Waals surface area (Å²) in [7, 11) is 0. The first-order valence-corrected chi connectivity index (χ1v) is 10.0. The predicted molar refractivity (Wildman–Crippen MR) is 115 cm³/mol. The van der Waals surface area contributed by atoms with Gasteiger partial charge in [0.25, 0.3) is 5.69 Å². The third-order valence-electron chi connectivity index (χ3n) is 5.05. The lowest BCUT2D eigenvalue weighted by atomic mass is 10.1. The van der Waals surface area contributed by atoms with E-state index in [1.807, 2.05) is 25.1 Å². The van der Waals surface area contributed by atoms with Gasteiger partial charge in [0, 0.05) is 49.9 Å². The number of hydrogen-bond donors (Lipinski definition) is 1. The van der Waals surface area contributed by atoms with Crippen molar-refractivity contribution in [1.82, 2.24) is 9.80 Å². The fourth-order valence-corrected chi connectivity index (χ4v) is 3.76. The van der Waals surface area contributed by atoms with Gasteiger partial charge in [-0.2, -0.15) is 0 Å². The lowest BCUT2D eigenvalue weighted by Gasteiger charge is -2.37. The summed E-state index contributed by atoms with van der Waals surface area (Å²) >= 11 is 12.1. The third kappa shape index (κ3) is 5.67. The highest BCUT2D eigenvalue weighted by Gasteiger charge is 2.26. The Morgan fingerprint density at radius 1 is 1.17 bits per heavy atom. The molecule has 2 aromatic carbocycles. The molecular weight excluding hydrogens is 415 g/mol. The number of nitrogens with one attached hydrogen (secondary N) is 1. The molecule has 3 rings (SSSR count). The molecule has 0 spiro atoms. The molecule has 0 radical (unpaired) electrons. The lowest BCUT2D eigenvalue weighted by molar-refractivity contribution is -0.384. The van der Waals surface area contributed by atoms with E-state index in [0.29, 0.717) is 5.69 Å². The van der Waals surface area contributed by atoms with Crippen LogP contribution in [-0.4, -0.2) is 52.9 Å². The van der Waals surface area contributed by atoms with Crippen LogP contribution in [-0.2, 0) is 11.3 Å². The van der Waals surface area contributed by atoms with Gasteiger partial charge in [0.15, 0.2) is 0 Å². The van der Waals surface area contributed by atoms with Crippen molar-refractivity contribution in [2.75, 3.05) is 31.5 Å². The molecule has 0 aromatic heterocycles. The normalized spacial score (nSPS) is 16.4. The molecular formula is C20H22Cl2N4O3. The Bertz CT molecular complexity index is 901. The Hall–Kier alpha value is -2.19. The fraction of sp³-hybridized carbons (Fsp3) is 0.350. The van der Waals surface area contributed by atoms with Crippen LogP contribution < -0.4 is 5.32 Å². The summed E-state index contributed by atoms with van der Waals surface area (Å²) in [4.78, 5) is 27.3. The molecule has 1 unspecified atom stereocenters. The highest BCUT2D eigenvalue weighted by molar-refractivity contribution is 6.34. The monoisotopic (exact) mass is 436 g/mol. The summed E-state index contributed by atoms with van der Waals surface area (Å²) in [6.45, 7) is 5.91. The number of nitro groups is 1. The molecule has 7 nitrogen and oxygen atoms in total. The van der Waals surface area contributed by atoms with Crippen LogP contribution in [0.5, 0.6) is 0 Å². The minimum absolute atomic E-state index is 0.114. The molecule has 0 bridgehead atoms. The number of non-ortho nitro benzene ring substituents is 1. The number of anilines is 1. The van der Waals surface area contributed by atoms with Crippen molar-refractivity contribution in [2.45, 2.75) is 19.5 Å². The number of carbonyl (C=O) groups excluding carboxylic acids is 1. The Labute approximate surface area is 179 Å². The minimum Gasteiger partial charge on any atom is -0.323 e. The van der Waals surface area contributed by atoms with E-state index in [9.17, 15) is 14.9 Å². The quantitative estimate of drug-likeness (QED) is 0.545. The first kappa shape index (κ1) is 21.5. The van der Waals surface area contributed by atoms with E-state index in [1.165, 1.54) is 23.8 Å². The van der Waals surface area contributed by atoms with Crippen LogP contribution in [0.25, 0.3) is 0 Å². The first-order valence-electron chi connectivity index (χ1n) is 9.29. The Kier molecular flexibility index (Phi) is 7.08. The zero-order valence-corrected chi connectivity index (χ0v) is 17.5. The topological polar surface area (TPSA) is 78.7 Å². The van der Waals surface area contributed by atoms with Crippen LogP contribution in [0, 0.1) is 10.1 Å². The van der Waals surface area contributed by atoms with E-state index < -0.39 is 4.92 Å². The molecule has 1 aliphatic heterocycles. The van der Waals surface area contributed by atoms with Crippen molar-refractivity contribution in [2.24, 2.45) is 0 Å². The summed E-state index contributed by atoms with van der Waals surface area (Å²) in [5.74, 6) is -0.191. The molecule has 1 aliphatic rings. The summed E-state index contributed by atoms with van der Waals surface area (Å²) in [5.41, 5.74) is 1.43. The zero-order valence-electron chi connectivity index (χ0n) is 16.0. The molecule has 1 fully saturated rings. The fourth-order valence-electron chi connectivity index (χ4n) is 3.32. The molecule has 1 atom stereocenters. The maximum atomic E-state index is 12.6. The molecule has 1 amide bonds. The molecule has 0 saturated carbocycles. The smallest absolute Gasteiger partial charge is 0.271 e. The van der Waals surface area contributed by atoms with Crippen molar-refractivity contribution < 1.29 is 9.72 Å². The molecule has 0 aliphatic carbocycles. The lowest BCUT2D eigenvalue weighted by Crippen LogP contribution is -2.52. The standard InChI is InChI=1S/C20H22Cl2N4O3/c1-14(20(27)23-19-6-5-17(26(28)29)12-18(19)22)25-9-7-24(8-10-25)13-15-3-2-4-16(21)11-15/h2-6,11-12,14H,7-10,13H2,1H3,(H,23,27). The van der Waals surface area contributed by atoms with Crippen molar-refractivity contribution in [3.05, 3.63) is 68.2 Å². The third-order valence-corrected chi connectivity index (χ3v) is 5.60. The minimum atomic E-state index is -0.525. The first-order chi connectivity index (χ1) is 13.8. The number of halogens is 2. The number of carbonyl (C=O) groups is 1. The summed E-state index contributed by atoms with van der Waals surface area (Å²) in [6.07, 6.45) is 0. The van der Waals surface area contributed by atoms with E-state index in [-0.39, 0.29) is 22.7 Å². The average Bonchev–Trinajstić information content (AvgIpc) is 2.69. The van der Waals surface area contributed by atoms with Gasteiger partial charge in [0.05, 0.1) is 21.7 Å². The molecule has 2 aromatic rings. The van der Waals surface area contributed by atoms with E-state index in [1.54, 1.807) is 0 Å². The van der Waals surface area contributed by atoms with Crippen molar-refractivity contribution >= 4 is 40.5 Å². The van der Waals surface area contributed by atoms with Crippen LogP contribution in [0.3, 0.4) is 0 Å². The second-order valence-electron chi connectivity index (χ2n) is 7.03. The van der Waals surface area contributed by atoms with Crippen LogP contribution in [0.15, 0.2) is 42.5 Å². The SMILES string of the molecule is CC(C(=O)Nc1ccc([N+](=O)[O-])cc1Cl)N1CCN(Cc2cccc(Cl)c2)CC1. The molecule has 1 heterocycles. The number of rotatable bonds is 6. The Morgan fingerprint density at radius 2 is 1.90 bits per heavy atom. The van der Waals surface area contributed by atoms with Crippen LogP contribution in [0.2, 0.25) is 10.0 Å².